The van der Waals surface area contributed by atoms with Crippen LogP contribution in [0, 0.1) is 28.6 Å². The lowest BCUT2D eigenvalue weighted by Gasteiger charge is -2.66. The lowest BCUT2D eigenvalue weighted by Crippen LogP contribution is -2.69. The van der Waals surface area contributed by atoms with Gasteiger partial charge in [0.25, 0.3) is 0 Å². The van der Waals surface area contributed by atoms with Gasteiger partial charge in [-0.25, -0.2) is 4.79 Å². The molecule has 5 fully saturated rings. The molecule has 9 heteroatoms. The molecule has 6 rings (SSSR count). The minimum Gasteiger partial charge on any atom is -0.458 e. The van der Waals surface area contributed by atoms with Crippen molar-refractivity contribution in [3.63, 3.8) is 0 Å². The fourth-order valence-electron chi connectivity index (χ4n) is 10.1. The molecule has 12 unspecified atom stereocenters. The molecule has 0 aromatic rings. The molecular formula is C32H47NO8. The minimum absolute atomic E-state index is 0.0111. The van der Waals surface area contributed by atoms with E-state index in [1.165, 1.54) is 0 Å². The van der Waals surface area contributed by atoms with Crippen LogP contribution in [0.4, 0.5) is 0 Å². The van der Waals surface area contributed by atoms with Gasteiger partial charge in [0, 0.05) is 36.0 Å². The van der Waals surface area contributed by atoms with Crippen LogP contribution in [0.15, 0.2) is 29.3 Å². The van der Waals surface area contributed by atoms with E-state index in [1.54, 1.807) is 19.1 Å². The van der Waals surface area contributed by atoms with Crippen molar-refractivity contribution in [2.75, 3.05) is 13.2 Å². The van der Waals surface area contributed by atoms with E-state index in [-0.39, 0.29) is 41.7 Å². The molecule has 0 amide bonds. The Morgan fingerprint density at radius 3 is 2.61 bits per heavy atom. The van der Waals surface area contributed by atoms with Gasteiger partial charge < -0.3 is 34.6 Å². The Hall–Kier alpha value is -1.62. The maximum absolute atomic E-state index is 12.6. The Bertz CT molecular complexity index is 1100. The normalized spacial score (nSPS) is 51.5. The van der Waals surface area contributed by atoms with Crippen molar-refractivity contribution in [2.45, 2.75) is 120 Å². The predicted molar refractivity (Wildman–Crippen MR) is 151 cm³/mol. The molecule has 4 saturated carbocycles. The Labute approximate surface area is 242 Å². The van der Waals surface area contributed by atoms with E-state index >= 15 is 0 Å². The maximum Gasteiger partial charge on any atom is 0.331 e. The lowest BCUT2D eigenvalue weighted by atomic mass is 9.41. The summed E-state index contributed by atoms with van der Waals surface area (Å²) in [5.41, 5.74) is -1.91. The largest absolute Gasteiger partial charge is 0.458 e. The van der Waals surface area contributed by atoms with Gasteiger partial charge in [-0.15, -0.1) is 6.58 Å². The molecule has 41 heavy (non-hydrogen) atoms. The van der Waals surface area contributed by atoms with Crippen LogP contribution in [-0.2, 0) is 19.0 Å². The number of ether oxygens (including phenoxy) is 3. The van der Waals surface area contributed by atoms with Gasteiger partial charge in [0.05, 0.1) is 36.1 Å². The number of fused-ring (bicyclic) bond motifs is 5. The first kappa shape index (κ1) is 29.5. The summed E-state index contributed by atoms with van der Waals surface area (Å²) in [6.45, 7) is 8.54. The molecule has 0 radical (unpaired) electrons. The molecule has 1 saturated heterocycles. The average Bonchev–Trinajstić information content (AvgIpc) is 3.47. The average molecular weight is 574 g/mol. The third-order valence-electron chi connectivity index (χ3n) is 12.2. The van der Waals surface area contributed by atoms with Crippen LogP contribution in [0.25, 0.3) is 0 Å². The van der Waals surface area contributed by atoms with E-state index in [1.807, 2.05) is 6.21 Å². The molecule has 4 aliphatic carbocycles. The Kier molecular flexibility index (Phi) is 7.56. The van der Waals surface area contributed by atoms with Gasteiger partial charge in [0.1, 0.15) is 12.7 Å². The second kappa shape index (κ2) is 10.5. The van der Waals surface area contributed by atoms with E-state index in [2.05, 4.69) is 13.5 Å². The number of cyclic esters (lactones) is 1. The summed E-state index contributed by atoms with van der Waals surface area (Å²) in [5, 5.41) is 45.4. The SMILES string of the molecule is C=CCN=CC12CCC(OC3CC(O)C(O)C(C)O3)CC1(O)CCC1C2CCC2(C)C(C3=CC(=O)OC3)CCC12O. The molecule has 2 aliphatic heterocycles. The molecule has 0 spiro atoms. The summed E-state index contributed by atoms with van der Waals surface area (Å²) >= 11 is 0. The van der Waals surface area contributed by atoms with E-state index < -0.39 is 41.2 Å². The highest BCUT2D eigenvalue weighted by molar-refractivity contribution is 5.85. The van der Waals surface area contributed by atoms with Gasteiger partial charge in [0.2, 0.25) is 0 Å². The maximum atomic E-state index is 12.6. The molecule has 0 aromatic heterocycles. The highest BCUT2D eigenvalue weighted by Crippen LogP contribution is 2.70. The third-order valence-corrected chi connectivity index (χ3v) is 12.2. The van der Waals surface area contributed by atoms with Crippen molar-refractivity contribution < 1.29 is 39.4 Å². The number of carbonyl (C=O) groups is 1. The number of aliphatic hydroxyl groups is 4. The number of hydrogen-bond donors (Lipinski definition) is 4. The second-order valence-electron chi connectivity index (χ2n) is 14.0. The monoisotopic (exact) mass is 573 g/mol. The smallest absolute Gasteiger partial charge is 0.331 e. The molecule has 0 aromatic carbocycles. The molecule has 2 heterocycles. The van der Waals surface area contributed by atoms with Crippen LogP contribution >= 0.6 is 0 Å². The van der Waals surface area contributed by atoms with Crippen LogP contribution in [0.2, 0.25) is 0 Å². The number of hydrogen-bond acceptors (Lipinski definition) is 9. The minimum atomic E-state index is -1.06. The van der Waals surface area contributed by atoms with Gasteiger partial charge >= 0.3 is 5.97 Å². The number of nitrogens with zero attached hydrogens (tertiary/aromatic N) is 1. The number of carbonyl (C=O) groups excluding carboxylic acids is 1. The van der Waals surface area contributed by atoms with Gasteiger partial charge in [-0.05, 0) is 81.6 Å². The number of aliphatic hydroxyl groups excluding tert-OH is 2. The Balaban J connectivity index is 1.26. The van der Waals surface area contributed by atoms with Crippen molar-refractivity contribution in [1.29, 1.82) is 0 Å². The molecule has 12 atom stereocenters. The topological polar surface area (TPSA) is 138 Å². The predicted octanol–water partition coefficient (Wildman–Crippen LogP) is 2.84. The fraction of sp³-hybridized carbons (Fsp3) is 0.812. The van der Waals surface area contributed by atoms with Crippen molar-refractivity contribution in [2.24, 2.45) is 33.6 Å². The molecule has 228 valence electrons. The third kappa shape index (κ3) is 4.49. The first-order valence-electron chi connectivity index (χ1n) is 15.6. The summed E-state index contributed by atoms with van der Waals surface area (Å²) in [4.78, 5) is 16.6. The summed E-state index contributed by atoms with van der Waals surface area (Å²) in [6.07, 6.45) is 8.52. The van der Waals surface area contributed by atoms with E-state index in [0.717, 1.165) is 24.8 Å². The van der Waals surface area contributed by atoms with Crippen molar-refractivity contribution in [3.05, 3.63) is 24.3 Å². The first-order valence-corrected chi connectivity index (χ1v) is 15.6. The van der Waals surface area contributed by atoms with E-state index in [4.69, 9.17) is 19.2 Å². The quantitative estimate of drug-likeness (QED) is 0.165. The number of rotatable bonds is 6. The summed E-state index contributed by atoms with van der Waals surface area (Å²) in [6, 6.07) is 0. The number of aliphatic imine (C=N–C) groups is 1. The summed E-state index contributed by atoms with van der Waals surface area (Å²) < 4.78 is 17.4. The van der Waals surface area contributed by atoms with Gasteiger partial charge in [-0.3, -0.25) is 4.99 Å². The van der Waals surface area contributed by atoms with Crippen molar-refractivity contribution in [3.8, 4) is 0 Å². The van der Waals surface area contributed by atoms with Gasteiger partial charge in [-0.1, -0.05) is 13.0 Å². The zero-order valence-electron chi connectivity index (χ0n) is 24.4. The van der Waals surface area contributed by atoms with Crippen LogP contribution in [0.3, 0.4) is 0 Å². The molecule has 0 bridgehead atoms. The van der Waals surface area contributed by atoms with Crippen LogP contribution < -0.4 is 0 Å². The zero-order valence-corrected chi connectivity index (χ0v) is 24.4. The number of esters is 1. The highest BCUT2D eigenvalue weighted by atomic mass is 16.7. The molecule has 4 N–H and O–H groups in total. The highest BCUT2D eigenvalue weighted by Gasteiger charge is 2.71. The molecular weight excluding hydrogens is 526 g/mol. The standard InChI is InChI=1S/C32H47NO8/c1-4-13-33-18-30-10-5-21(41-27-15-25(34)28(36)19(2)40-27)16-31(30,37)11-7-24-23(30)6-9-29(3)22(8-12-32(24,29)38)20-14-26(35)39-17-20/h4,14,18-19,21-25,27-28,34,36-38H,1,5-13,15-17H2,2-3H3. The van der Waals surface area contributed by atoms with Crippen molar-refractivity contribution >= 4 is 12.2 Å². The van der Waals surface area contributed by atoms with Crippen molar-refractivity contribution in [1.82, 2.24) is 0 Å². The fourth-order valence-corrected chi connectivity index (χ4v) is 10.1. The zero-order chi connectivity index (χ0) is 29.2. The molecule has 9 nitrogen and oxygen atoms in total. The van der Waals surface area contributed by atoms with Crippen LogP contribution in [0.5, 0.6) is 0 Å². The Morgan fingerprint density at radius 1 is 1.12 bits per heavy atom. The van der Waals surface area contributed by atoms with Crippen LogP contribution in [-0.4, -0.2) is 87.7 Å². The first-order chi connectivity index (χ1) is 19.5. The van der Waals surface area contributed by atoms with Crippen LogP contribution in [0.1, 0.15) is 78.1 Å². The van der Waals surface area contributed by atoms with Gasteiger partial charge in [0.15, 0.2) is 6.29 Å². The lowest BCUT2D eigenvalue weighted by molar-refractivity contribution is -0.282. The second-order valence-corrected chi connectivity index (χ2v) is 14.0. The molecule has 6 aliphatic rings. The van der Waals surface area contributed by atoms with Gasteiger partial charge in [-0.2, -0.15) is 0 Å². The summed E-state index contributed by atoms with van der Waals surface area (Å²) in [5.74, 6) is -0.101. The van der Waals surface area contributed by atoms with E-state index in [0.29, 0.717) is 51.7 Å². The summed E-state index contributed by atoms with van der Waals surface area (Å²) in [7, 11) is 0. The Morgan fingerprint density at radius 2 is 1.90 bits per heavy atom. The van der Waals surface area contributed by atoms with E-state index in [9.17, 15) is 25.2 Å².